The Morgan fingerprint density at radius 2 is 2.16 bits per heavy atom. The van der Waals surface area contributed by atoms with Crippen molar-refractivity contribution in [3.8, 4) is 0 Å². The van der Waals surface area contributed by atoms with E-state index in [1.165, 1.54) is 19.4 Å². The quantitative estimate of drug-likeness (QED) is 0.654. The predicted molar refractivity (Wildman–Crippen MR) is 75.2 cm³/mol. The monoisotopic (exact) mass is 263 g/mol. The average Bonchev–Trinajstić information content (AvgIpc) is 2.81. The zero-order chi connectivity index (χ0) is 13.8. The van der Waals surface area contributed by atoms with E-state index in [-0.39, 0.29) is 16.7 Å². The predicted octanol–water partition coefficient (Wildman–Crippen LogP) is 2.34. The lowest BCUT2D eigenvalue weighted by atomic mass is 10.1. The van der Waals surface area contributed by atoms with Crippen molar-refractivity contribution in [2.75, 3.05) is 20.1 Å². The van der Waals surface area contributed by atoms with Crippen LogP contribution in [0.5, 0.6) is 0 Å². The van der Waals surface area contributed by atoms with E-state index in [0.717, 1.165) is 12.1 Å². The first-order valence-corrected chi connectivity index (χ1v) is 6.76. The number of rotatable bonds is 5. The normalized spacial score (nSPS) is 21.5. The third kappa shape index (κ3) is 3.52. The molecule has 0 saturated carbocycles. The maximum atomic E-state index is 10.6. The largest absolute Gasteiger partial charge is 0.309 e. The van der Waals surface area contributed by atoms with Gasteiger partial charge in [-0.1, -0.05) is 12.1 Å². The molecular formula is C14H21N3O2. The van der Waals surface area contributed by atoms with Gasteiger partial charge in [0, 0.05) is 30.8 Å². The Balaban J connectivity index is 1.88. The van der Waals surface area contributed by atoms with Crippen LogP contribution in [0.25, 0.3) is 0 Å². The molecule has 0 spiro atoms. The molecule has 1 aliphatic rings. The Kier molecular flexibility index (Phi) is 4.50. The fourth-order valence-electron chi connectivity index (χ4n) is 2.55. The van der Waals surface area contributed by atoms with E-state index < -0.39 is 0 Å². The Morgan fingerprint density at radius 3 is 2.68 bits per heavy atom. The van der Waals surface area contributed by atoms with Gasteiger partial charge in [-0.3, -0.25) is 10.1 Å². The smallest absolute Gasteiger partial charge is 0.269 e. The van der Waals surface area contributed by atoms with Crippen LogP contribution in [0.1, 0.15) is 31.4 Å². The Labute approximate surface area is 113 Å². The molecule has 1 N–H and O–H groups in total. The molecule has 2 rings (SSSR count). The molecule has 5 heteroatoms. The molecule has 1 heterocycles. The van der Waals surface area contributed by atoms with Gasteiger partial charge in [0.2, 0.25) is 0 Å². The minimum atomic E-state index is -0.366. The maximum Gasteiger partial charge on any atom is 0.269 e. The molecule has 0 aliphatic carbocycles. The average molecular weight is 263 g/mol. The van der Waals surface area contributed by atoms with Crippen LogP contribution < -0.4 is 5.32 Å². The molecular weight excluding hydrogens is 242 g/mol. The van der Waals surface area contributed by atoms with E-state index in [2.05, 4.69) is 24.2 Å². The van der Waals surface area contributed by atoms with E-state index in [9.17, 15) is 10.1 Å². The molecule has 0 aromatic heterocycles. The van der Waals surface area contributed by atoms with Crippen LogP contribution in [0.4, 0.5) is 5.69 Å². The minimum absolute atomic E-state index is 0.145. The first kappa shape index (κ1) is 14.0. The SMILES string of the molecule is CC(NCC1CCCN1C)c1ccc([N+](=O)[O-])cc1. The summed E-state index contributed by atoms with van der Waals surface area (Å²) in [5, 5.41) is 14.1. The second kappa shape index (κ2) is 6.12. The van der Waals surface area contributed by atoms with Gasteiger partial charge in [-0.2, -0.15) is 0 Å². The molecule has 1 aliphatic heterocycles. The van der Waals surface area contributed by atoms with Crippen LogP contribution in [0, 0.1) is 10.1 Å². The van der Waals surface area contributed by atoms with Gasteiger partial charge in [0.1, 0.15) is 0 Å². The van der Waals surface area contributed by atoms with Gasteiger partial charge in [0.25, 0.3) is 5.69 Å². The molecule has 0 bridgehead atoms. The van der Waals surface area contributed by atoms with Gasteiger partial charge in [-0.15, -0.1) is 0 Å². The number of likely N-dealkylation sites (tertiary alicyclic amines) is 1. The number of nitrogens with one attached hydrogen (secondary N) is 1. The van der Waals surface area contributed by atoms with Crippen LogP contribution >= 0.6 is 0 Å². The fraction of sp³-hybridized carbons (Fsp3) is 0.571. The number of hydrogen-bond donors (Lipinski definition) is 1. The summed E-state index contributed by atoms with van der Waals surface area (Å²) in [7, 11) is 2.16. The van der Waals surface area contributed by atoms with Gasteiger partial charge < -0.3 is 10.2 Å². The van der Waals surface area contributed by atoms with E-state index in [0.29, 0.717) is 6.04 Å². The van der Waals surface area contributed by atoms with Crippen LogP contribution in [0.3, 0.4) is 0 Å². The summed E-state index contributed by atoms with van der Waals surface area (Å²) >= 11 is 0. The topological polar surface area (TPSA) is 58.4 Å². The number of likely N-dealkylation sites (N-methyl/N-ethyl adjacent to an activating group) is 1. The van der Waals surface area contributed by atoms with Crippen LogP contribution in [0.2, 0.25) is 0 Å². The van der Waals surface area contributed by atoms with E-state index >= 15 is 0 Å². The fourth-order valence-corrected chi connectivity index (χ4v) is 2.55. The van der Waals surface area contributed by atoms with Crippen molar-refractivity contribution < 1.29 is 4.92 Å². The summed E-state index contributed by atoms with van der Waals surface area (Å²) in [6.07, 6.45) is 2.52. The molecule has 0 amide bonds. The Bertz CT molecular complexity index is 433. The number of non-ortho nitro benzene ring substituents is 1. The highest BCUT2D eigenvalue weighted by Gasteiger charge is 2.21. The zero-order valence-electron chi connectivity index (χ0n) is 11.5. The van der Waals surface area contributed by atoms with Crippen LogP contribution in [-0.4, -0.2) is 36.0 Å². The third-order valence-corrected chi connectivity index (χ3v) is 3.94. The Morgan fingerprint density at radius 1 is 1.47 bits per heavy atom. The minimum Gasteiger partial charge on any atom is -0.309 e. The molecule has 2 atom stereocenters. The highest BCUT2D eigenvalue weighted by Crippen LogP contribution is 2.19. The summed E-state index contributed by atoms with van der Waals surface area (Å²) in [6.45, 7) is 4.24. The molecule has 5 nitrogen and oxygen atoms in total. The van der Waals surface area contributed by atoms with Crippen molar-refractivity contribution in [3.05, 3.63) is 39.9 Å². The lowest BCUT2D eigenvalue weighted by molar-refractivity contribution is -0.384. The second-order valence-corrected chi connectivity index (χ2v) is 5.26. The number of nitro benzene ring substituents is 1. The van der Waals surface area contributed by atoms with Crippen LogP contribution in [0.15, 0.2) is 24.3 Å². The third-order valence-electron chi connectivity index (χ3n) is 3.94. The first-order chi connectivity index (χ1) is 9.08. The lowest BCUT2D eigenvalue weighted by Gasteiger charge is -2.22. The zero-order valence-corrected chi connectivity index (χ0v) is 11.5. The molecule has 1 saturated heterocycles. The van der Waals surface area contributed by atoms with Gasteiger partial charge in [0.05, 0.1) is 4.92 Å². The standard InChI is InChI=1S/C14H21N3O2/c1-11(15-10-14-4-3-9-16(14)2)12-5-7-13(8-6-12)17(18)19/h5-8,11,14-15H,3-4,9-10H2,1-2H3. The summed E-state index contributed by atoms with van der Waals surface area (Å²) < 4.78 is 0. The van der Waals surface area contributed by atoms with Crippen LogP contribution in [-0.2, 0) is 0 Å². The summed E-state index contributed by atoms with van der Waals surface area (Å²) in [5.74, 6) is 0. The van der Waals surface area contributed by atoms with Crippen molar-refractivity contribution >= 4 is 5.69 Å². The highest BCUT2D eigenvalue weighted by atomic mass is 16.6. The van der Waals surface area contributed by atoms with Gasteiger partial charge in [-0.05, 0) is 38.9 Å². The first-order valence-electron chi connectivity index (χ1n) is 6.76. The van der Waals surface area contributed by atoms with E-state index in [1.54, 1.807) is 12.1 Å². The molecule has 1 aromatic rings. The van der Waals surface area contributed by atoms with Crippen molar-refractivity contribution in [2.45, 2.75) is 31.8 Å². The number of nitrogens with zero attached hydrogens (tertiary/aromatic N) is 2. The second-order valence-electron chi connectivity index (χ2n) is 5.26. The molecule has 19 heavy (non-hydrogen) atoms. The maximum absolute atomic E-state index is 10.6. The summed E-state index contributed by atoms with van der Waals surface area (Å²) in [4.78, 5) is 12.6. The molecule has 1 aromatic carbocycles. The molecule has 104 valence electrons. The number of nitro groups is 1. The molecule has 0 radical (unpaired) electrons. The van der Waals surface area contributed by atoms with E-state index in [1.807, 2.05) is 12.1 Å². The van der Waals surface area contributed by atoms with E-state index in [4.69, 9.17) is 0 Å². The lowest BCUT2D eigenvalue weighted by Crippen LogP contribution is -2.36. The van der Waals surface area contributed by atoms with Crippen molar-refractivity contribution in [2.24, 2.45) is 0 Å². The summed E-state index contributed by atoms with van der Waals surface area (Å²) in [6, 6.07) is 7.61. The van der Waals surface area contributed by atoms with Gasteiger partial charge in [0.15, 0.2) is 0 Å². The highest BCUT2D eigenvalue weighted by molar-refractivity contribution is 5.34. The van der Waals surface area contributed by atoms with Crippen molar-refractivity contribution in [3.63, 3.8) is 0 Å². The van der Waals surface area contributed by atoms with Crippen molar-refractivity contribution in [1.29, 1.82) is 0 Å². The number of benzene rings is 1. The molecule has 1 fully saturated rings. The van der Waals surface area contributed by atoms with Crippen molar-refractivity contribution in [1.82, 2.24) is 10.2 Å². The van der Waals surface area contributed by atoms with Gasteiger partial charge in [-0.25, -0.2) is 0 Å². The summed E-state index contributed by atoms with van der Waals surface area (Å²) in [5.41, 5.74) is 1.23. The Hall–Kier alpha value is -1.46. The van der Waals surface area contributed by atoms with Gasteiger partial charge >= 0.3 is 0 Å². The molecule has 2 unspecified atom stereocenters. The number of hydrogen-bond acceptors (Lipinski definition) is 4.